The average molecular weight is 219 g/mol. The van der Waals surface area contributed by atoms with Crippen LogP contribution in [0.1, 0.15) is 43.9 Å². The highest BCUT2D eigenvalue weighted by Gasteiger charge is 2.07. The molecule has 0 atom stereocenters. The molecule has 0 unspecified atom stereocenters. The molecule has 1 heteroatoms. The second-order valence-electron chi connectivity index (χ2n) is 5.70. The summed E-state index contributed by atoms with van der Waals surface area (Å²) in [6, 6.07) is 6.79. The maximum Gasteiger partial charge on any atom is 0.00965 e. The summed E-state index contributed by atoms with van der Waals surface area (Å²) in [5.41, 5.74) is 4.49. The van der Waals surface area contributed by atoms with E-state index in [2.05, 4.69) is 58.1 Å². The Kier molecular flexibility index (Phi) is 4.55. The second kappa shape index (κ2) is 5.49. The SMILES string of the molecule is Cc1ccc(CCCNC(C)(C)C)cc1C. The van der Waals surface area contributed by atoms with Gasteiger partial charge in [0.05, 0.1) is 0 Å². The zero-order valence-corrected chi connectivity index (χ0v) is 11.4. The van der Waals surface area contributed by atoms with Gasteiger partial charge >= 0.3 is 0 Å². The van der Waals surface area contributed by atoms with Crippen LogP contribution in [0.5, 0.6) is 0 Å². The van der Waals surface area contributed by atoms with Gasteiger partial charge in [0.25, 0.3) is 0 Å². The lowest BCUT2D eigenvalue weighted by atomic mass is 10.0. The van der Waals surface area contributed by atoms with Crippen LogP contribution in [0.2, 0.25) is 0 Å². The molecule has 1 nitrogen and oxygen atoms in total. The van der Waals surface area contributed by atoms with Crippen molar-refractivity contribution >= 4 is 0 Å². The minimum absolute atomic E-state index is 0.239. The fraction of sp³-hybridized carbons (Fsp3) is 0.600. The van der Waals surface area contributed by atoms with Crippen LogP contribution in [0.3, 0.4) is 0 Å². The van der Waals surface area contributed by atoms with E-state index in [1.807, 2.05) is 0 Å². The molecule has 0 bridgehead atoms. The first kappa shape index (κ1) is 13.2. The number of benzene rings is 1. The quantitative estimate of drug-likeness (QED) is 0.763. The zero-order chi connectivity index (χ0) is 12.2. The number of nitrogens with one attached hydrogen (secondary N) is 1. The van der Waals surface area contributed by atoms with E-state index >= 15 is 0 Å². The molecule has 0 aliphatic heterocycles. The molecule has 1 N–H and O–H groups in total. The Balaban J connectivity index is 2.35. The van der Waals surface area contributed by atoms with E-state index < -0.39 is 0 Å². The fourth-order valence-corrected chi connectivity index (χ4v) is 1.71. The van der Waals surface area contributed by atoms with Crippen LogP contribution in [-0.4, -0.2) is 12.1 Å². The van der Waals surface area contributed by atoms with Crippen LogP contribution in [-0.2, 0) is 6.42 Å². The normalized spacial score (nSPS) is 11.8. The van der Waals surface area contributed by atoms with E-state index in [1.165, 1.54) is 29.5 Å². The lowest BCUT2D eigenvalue weighted by Gasteiger charge is -2.20. The van der Waals surface area contributed by atoms with Crippen LogP contribution < -0.4 is 5.32 Å². The molecule has 0 saturated heterocycles. The maximum absolute atomic E-state index is 3.52. The predicted octanol–water partition coefficient (Wildman–Crippen LogP) is 3.62. The van der Waals surface area contributed by atoms with Crippen LogP contribution in [0.25, 0.3) is 0 Å². The molecule has 0 saturated carbocycles. The predicted molar refractivity (Wildman–Crippen MR) is 72.0 cm³/mol. The standard InChI is InChI=1S/C15H25N/c1-12-8-9-14(11-13(12)2)7-6-10-16-15(3,4)5/h8-9,11,16H,6-7,10H2,1-5H3. The monoisotopic (exact) mass is 219 g/mol. The molecule has 90 valence electrons. The van der Waals surface area contributed by atoms with Gasteiger partial charge in [-0.25, -0.2) is 0 Å². The van der Waals surface area contributed by atoms with Crippen molar-refractivity contribution in [3.05, 3.63) is 34.9 Å². The fourth-order valence-electron chi connectivity index (χ4n) is 1.71. The van der Waals surface area contributed by atoms with Gasteiger partial charge in [-0.1, -0.05) is 18.2 Å². The minimum atomic E-state index is 0.239. The van der Waals surface area contributed by atoms with E-state index in [0.717, 1.165) is 6.54 Å². The lowest BCUT2D eigenvalue weighted by molar-refractivity contribution is 0.422. The van der Waals surface area contributed by atoms with Crippen molar-refractivity contribution in [2.75, 3.05) is 6.54 Å². The van der Waals surface area contributed by atoms with Gasteiger partial charge < -0.3 is 5.32 Å². The summed E-state index contributed by atoms with van der Waals surface area (Å²) >= 11 is 0. The van der Waals surface area contributed by atoms with Crippen LogP contribution in [0.15, 0.2) is 18.2 Å². The third kappa shape index (κ3) is 4.80. The number of aryl methyl sites for hydroxylation is 3. The average Bonchev–Trinajstić information content (AvgIpc) is 2.17. The molecule has 0 aliphatic carbocycles. The molecular weight excluding hydrogens is 194 g/mol. The van der Waals surface area contributed by atoms with Crippen molar-refractivity contribution in [2.24, 2.45) is 0 Å². The lowest BCUT2D eigenvalue weighted by Crippen LogP contribution is -2.36. The second-order valence-corrected chi connectivity index (χ2v) is 5.70. The Labute approximate surface area is 100 Å². The zero-order valence-electron chi connectivity index (χ0n) is 11.4. The van der Waals surface area contributed by atoms with Crippen LogP contribution in [0, 0.1) is 13.8 Å². The summed E-state index contributed by atoms with van der Waals surface area (Å²) < 4.78 is 0. The molecule has 0 amide bonds. The molecule has 0 heterocycles. The van der Waals surface area contributed by atoms with Gasteiger partial charge in [-0.3, -0.25) is 0 Å². The summed E-state index contributed by atoms with van der Waals surface area (Å²) in [4.78, 5) is 0. The van der Waals surface area contributed by atoms with E-state index in [4.69, 9.17) is 0 Å². The summed E-state index contributed by atoms with van der Waals surface area (Å²) in [5, 5.41) is 3.52. The van der Waals surface area contributed by atoms with E-state index in [0.29, 0.717) is 0 Å². The molecule has 1 aromatic rings. The highest BCUT2D eigenvalue weighted by molar-refractivity contribution is 5.29. The Morgan fingerprint density at radius 3 is 2.31 bits per heavy atom. The highest BCUT2D eigenvalue weighted by atomic mass is 14.9. The molecule has 16 heavy (non-hydrogen) atoms. The van der Waals surface area contributed by atoms with Crippen LogP contribution >= 0.6 is 0 Å². The van der Waals surface area contributed by atoms with Crippen molar-refractivity contribution in [1.29, 1.82) is 0 Å². The summed E-state index contributed by atoms with van der Waals surface area (Å²) in [7, 11) is 0. The van der Waals surface area contributed by atoms with Gasteiger partial charge in [0, 0.05) is 5.54 Å². The first-order valence-corrected chi connectivity index (χ1v) is 6.20. The molecule has 0 fully saturated rings. The van der Waals surface area contributed by atoms with Gasteiger partial charge in [-0.05, 0) is 70.7 Å². The number of hydrogen-bond acceptors (Lipinski definition) is 1. The molecule has 1 rings (SSSR count). The molecule has 1 aromatic carbocycles. The maximum atomic E-state index is 3.52. The number of hydrogen-bond donors (Lipinski definition) is 1. The Bertz CT molecular complexity index is 334. The van der Waals surface area contributed by atoms with Crippen molar-refractivity contribution < 1.29 is 0 Å². The topological polar surface area (TPSA) is 12.0 Å². The first-order chi connectivity index (χ1) is 7.38. The van der Waals surface area contributed by atoms with E-state index in [9.17, 15) is 0 Å². The molecule has 0 aromatic heterocycles. The van der Waals surface area contributed by atoms with Gasteiger partial charge in [0.15, 0.2) is 0 Å². The number of rotatable bonds is 4. The van der Waals surface area contributed by atoms with Gasteiger partial charge in [-0.2, -0.15) is 0 Å². The Morgan fingerprint density at radius 2 is 1.75 bits per heavy atom. The van der Waals surface area contributed by atoms with Crippen LogP contribution in [0.4, 0.5) is 0 Å². The molecule has 0 spiro atoms. The van der Waals surface area contributed by atoms with E-state index in [-0.39, 0.29) is 5.54 Å². The summed E-state index contributed by atoms with van der Waals surface area (Å²) in [5.74, 6) is 0. The van der Waals surface area contributed by atoms with E-state index in [1.54, 1.807) is 0 Å². The summed E-state index contributed by atoms with van der Waals surface area (Å²) in [6.45, 7) is 12.1. The Morgan fingerprint density at radius 1 is 1.06 bits per heavy atom. The first-order valence-electron chi connectivity index (χ1n) is 6.20. The van der Waals surface area contributed by atoms with Crippen molar-refractivity contribution in [1.82, 2.24) is 5.32 Å². The van der Waals surface area contributed by atoms with Gasteiger partial charge in [0.1, 0.15) is 0 Å². The largest absolute Gasteiger partial charge is 0.312 e. The Hall–Kier alpha value is -0.820. The van der Waals surface area contributed by atoms with Crippen molar-refractivity contribution in [3.8, 4) is 0 Å². The molecular formula is C15H25N. The third-order valence-corrected chi connectivity index (χ3v) is 2.87. The molecule has 0 radical (unpaired) electrons. The van der Waals surface area contributed by atoms with Crippen molar-refractivity contribution in [2.45, 2.75) is 53.0 Å². The highest BCUT2D eigenvalue weighted by Crippen LogP contribution is 2.11. The molecule has 0 aliphatic rings. The smallest absolute Gasteiger partial charge is 0.00965 e. The third-order valence-electron chi connectivity index (χ3n) is 2.87. The van der Waals surface area contributed by atoms with Gasteiger partial charge in [0.2, 0.25) is 0 Å². The minimum Gasteiger partial charge on any atom is -0.312 e. The van der Waals surface area contributed by atoms with Gasteiger partial charge in [-0.15, -0.1) is 0 Å². The summed E-state index contributed by atoms with van der Waals surface area (Å²) in [6.07, 6.45) is 2.38. The van der Waals surface area contributed by atoms with Crippen molar-refractivity contribution in [3.63, 3.8) is 0 Å².